The molecule has 0 spiro atoms. The van der Waals surface area contributed by atoms with Crippen LogP contribution in [0.5, 0.6) is 11.5 Å². The Morgan fingerprint density at radius 3 is 2.50 bits per heavy atom. The summed E-state index contributed by atoms with van der Waals surface area (Å²) in [6.45, 7) is 1.71. The van der Waals surface area contributed by atoms with Gasteiger partial charge < -0.3 is 9.47 Å². The summed E-state index contributed by atoms with van der Waals surface area (Å²) in [6.07, 6.45) is 2.53. The van der Waals surface area contributed by atoms with Crippen molar-refractivity contribution in [1.82, 2.24) is 0 Å². The van der Waals surface area contributed by atoms with E-state index in [9.17, 15) is 0 Å². The number of hydrogen-bond donors (Lipinski definition) is 0. The standard InChI is InChI=1S/C16H14N2O2/c1-3-11-20-14-9-10-15(16(12-14)19-2)18-17-13-7-5-4-6-8-13/h4-10,12H,1-2H3. The van der Waals surface area contributed by atoms with Crippen LogP contribution in [0.3, 0.4) is 0 Å². The number of azo groups is 1. The molecule has 100 valence electrons. The van der Waals surface area contributed by atoms with Crippen molar-refractivity contribution < 1.29 is 9.47 Å². The molecule has 0 fully saturated rings. The van der Waals surface area contributed by atoms with Crippen LogP contribution in [0.4, 0.5) is 11.4 Å². The van der Waals surface area contributed by atoms with Gasteiger partial charge in [0.05, 0.1) is 12.8 Å². The first-order valence-electron chi connectivity index (χ1n) is 6.07. The van der Waals surface area contributed by atoms with Crippen LogP contribution in [0, 0.1) is 12.0 Å². The molecule has 2 aromatic rings. The highest BCUT2D eigenvalue weighted by Crippen LogP contribution is 2.32. The lowest BCUT2D eigenvalue weighted by Gasteiger charge is -2.05. The van der Waals surface area contributed by atoms with Gasteiger partial charge in [-0.15, -0.1) is 5.11 Å². The third-order valence-electron chi connectivity index (χ3n) is 2.45. The smallest absolute Gasteiger partial charge is 0.150 e. The third-order valence-corrected chi connectivity index (χ3v) is 2.45. The quantitative estimate of drug-likeness (QED) is 0.605. The summed E-state index contributed by atoms with van der Waals surface area (Å²) in [5.74, 6) is 3.85. The van der Waals surface area contributed by atoms with E-state index in [0.29, 0.717) is 17.2 Å². The van der Waals surface area contributed by atoms with Crippen LogP contribution in [0.25, 0.3) is 0 Å². The summed E-state index contributed by atoms with van der Waals surface area (Å²) in [7, 11) is 1.58. The fraction of sp³-hybridized carbons (Fsp3) is 0.125. The molecule has 0 unspecified atom stereocenters. The number of methoxy groups -OCH3 is 1. The van der Waals surface area contributed by atoms with Crippen LogP contribution in [0.2, 0.25) is 0 Å². The van der Waals surface area contributed by atoms with Crippen LogP contribution in [-0.4, -0.2) is 7.11 Å². The molecule has 4 nitrogen and oxygen atoms in total. The van der Waals surface area contributed by atoms with Crippen molar-refractivity contribution in [1.29, 1.82) is 0 Å². The largest absolute Gasteiger partial charge is 0.494 e. The summed E-state index contributed by atoms with van der Waals surface area (Å²) in [5.41, 5.74) is 1.42. The summed E-state index contributed by atoms with van der Waals surface area (Å²) in [4.78, 5) is 0. The summed E-state index contributed by atoms with van der Waals surface area (Å²) >= 11 is 0. The average Bonchev–Trinajstić information content (AvgIpc) is 2.52. The molecule has 2 rings (SSSR count). The predicted octanol–water partition coefficient (Wildman–Crippen LogP) is 4.47. The molecule has 0 radical (unpaired) electrons. The van der Waals surface area contributed by atoms with Crippen molar-refractivity contribution in [3.8, 4) is 23.5 Å². The highest BCUT2D eigenvalue weighted by molar-refractivity contribution is 5.55. The molecular formula is C16H14N2O2. The Hall–Kier alpha value is -2.80. The first kappa shape index (κ1) is 13.6. The molecule has 0 aliphatic heterocycles. The molecule has 0 atom stereocenters. The summed E-state index contributed by atoms with van der Waals surface area (Å²) in [5, 5.41) is 8.33. The fourth-order valence-electron chi connectivity index (χ4n) is 1.52. The second kappa shape index (κ2) is 6.95. The number of nitrogens with zero attached hydrogens (tertiary/aromatic N) is 2. The van der Waals surface area contributed by atoms with Gasteiger partial charge in [0, 0.05) is 13.0 Å². The van der Waals surface area contributed by atoms with Gasteiger partial charge in [-0.25, -0.2) is 0 Å². The normalized spacial score (nSPS) is 9.90. The first-order chi connectivity index (χ1) is 9.83. The van der Waals surface area contributed by atoms with Crippen LogP contribution >= 0.6 is 0 Å². The maximum Gasteiger partial charge on any atom is 0.150 e. The Balaban J connectivity index is 2.23. The van der Waals surface area contributed by atoms with Crippen LogP contribution < -0.4 is 9.47 Å². The van der Waals surface area contributed by atoms with Gasteiger partial charge >= 0.3 is 0 Å². The maximum atomic E-state index is 5.27. The minimum Gasteiger partial charge on any atom is -0.494 e. The number of benzene rings is 2. The van der Waals surface area contributed by atoms with Crippen LogP contribution in [-0.2, 0) is 0 Å². The second-order valence-electron chi connectivity index (χ2n) is 3.82. The van der Waals surface area contributed by atoms with E-state index in [-0.39, 0.29) is 0 Å². The monoisotopic (exact) mass is 266 g/mol. The molecule has 0 aliphatic rings. The van der Waals surface area contributed by atoms with Gasteiger partial charge in [-0.1, -0.05) is 24.1 Å². The van der Waals surface area contributed by atoms with E-state index in [4.69, 9.17) is 9.47 Å². The number of ether oxygens (including phenoxy) is 2. The highest BCUT2D eigenvalue weighted by Gasteiger charge is 2.04. The molecule has 0 N–H and O–H groups in total. The van der Waals surface area contributed by atoms with Crippen molar-refractivity contribution in [3.63, 3.8) is 0 Å². The van der Waals surface area contributed by atoms with Gasteiger partial charge in [0.15, 0.2) is 0 Å². The average molecular weight is 266 g/mol. The number of hydrogen-bond acceptors (Lipinski definition) is 4. The van der Waals surface area contributed by atoms with Gasteiger partial charge in [0.2, 0.25) is 0 Å². The molecule has 0 saturated carbocycles. The lowest BCUT2D eigenvalue weighted by molar-refractivity contribution is 0.412. The topological polar surface area (TPSA) is 43.2 Å². The van der Waals surface area contributed by atoms with Crippen LogP contribution in [0.1, 0.15) is 6.92 Å². The zero-order valence-electron chi connectivity index (χ0n) is 11.3. The molecule has 0 aromatic heterocycles. The number of rotatable bonds is 4. The third kappa shape index (κ3) is 3.59. The van der Waals surface area contributed by atoms with Gasteiger partial charge in [-0.05, 0) is 24.3 Å². The predicted molar refractivity (Wildman–Crippen MR) is 77.7 cm³/mol. The lowest BCUT2D eigenvalue weighted by atomic mass is 10.3. The minimum atomic E-state index is 0.583. The van der Waals surface area contributed by atoms with Gasteiger partial charge in [-0.2, -0.15) is 5.11 Å². The molecule has 0 aliphatic carbocycles. The lowest BCUT2D eigenvalue weighted by Crippen LogP contribution is -1.86. The molecule has 4 heteroatoms. The summed E-state index contributed by atoms with van der Waals surface area (Å²) < 4.78 is 10.5. The zero-order chi connectivity index (χ0) is 14.2. The van der Waals surface area contributed by atoms with Crippen LogP contribution in [0.15, 0.2) is 58.8 Å². The molecule has 0 saturated heterocycles. The van der Waals surface area contributed by atoms with Gasteiger partial charge in [0.25, 0.3) is 0 Å². The van der Waals surface area contributed by atoms with Crippen molar-refractivity contribution in [3.05, 3.63) is 48.5 Å². The van der Waals surface area contributed by atoms with Crippen molar-refractivity contribution >= 4 is 11.4 Å². The highest BCUT2D eigenvalue weighted by atomic mass is 16.5. The van der Waals surface area contributed by atoms with E-state index < -0.39 is 0 Å². The van der Waals surface area contributed by atoms with Crippen molar-refractivity contribution in [2.24, 2.45) is 10.2 Å². The van der Waals surface area contributed by atoms with E-state index in [1.54, 1.807) is 32.2 Å². The Morgan fingerprint density at radius 2 is 1.80 bits per heavy atom. The SMILES string of the molecule is CC#COc1ccc(N=Nc2ccccc2)c(OC)c1. The first-order valence-corrected chi connectivity index (χ1v) is 6.07. The Kier molecular flexibility index (Phi) is 4.74. The summed E-state index contributed by atoms with van der Waals surface area (Å²) in [6, 6.07) is 14.8. The molecule has 0 amide bonds. The molecular weight excluding hydrogens is 252 g/mol. The second-order valence-corrected chi connectivity index (χ2v) is 3.82. The minimum absolute atomic E-state index is 0.583. The zero-order valence-corrected chi connectivity index (χ0v) is 11.3. The molecule has 0 bridgehead atoms. The Labute approximate surface area is 118 Å². The van der Waals surface area contributed by atoms with E-state index >= 15 is 0 Å². The molecule has 0 heterocycles. The van der Waals surface area contributed by atoms with Crippen molar-refractivity contribution in [2.75, 3.05) is 7.11 Å². The van der Waals surface area contributed by atoms with E-state index in [1.807, 2.05) is 30.3 Å². The van der Waals surface area contributed by atoms with Crippen molar-refractivity contribution in [2.45, 2.75) is 6.92 Å². The van der Waals surface area contributed by atoms with E-state index in [0.717, 1.165) is 5.69 Å². The van der Waals surface area contributed by atoms with Gasteiger partial charge in [-0.3, -0.25) is 0 Å². The fourth-order valence-corrected chi connectivity index (χ4v) is 1.52. The molecule has 2 aromatic carbocycles. The molecule has 20 heavy (non-hydrogen) atoms. The van der Waals surface area contributed by atoms with E-state index in [2.05, 4.69) is 22.3 Å². The Morgan fingerprint density at radius 1 is 1.00 bits per heavy atom. The maximum absolute atomic E-state index is 5.27. The van der Waals surface area contributed by atoms with E-state index in [1.165, 1.54) is 0 Å². The Bertz CT molecular complexity index is 655. The van der Waals surface area contributed by atoms with Gasteiger partial charge in [0.1, 0.15) is 23.3 Å².